The van der Waals surface area contributed by atoms with Crippen molar-refractivity contribution in [1.82, 2.24) is 0 Å². The molecule has 0 heteroatoms. The molecule has 232 valence electrons. The Bertz CT molecular complexity index is 3040. The van der Waals surface area contributed by atoms with Crippen LogP contribution < -0.4 is 0 Å². The van der Waals surface area contributed by atoms with Crippen molar-refractivity contribution in [2.45, 2.75) is 44.9 Å². The number of hydrogen-bond donors (Lipinski definition) is 0. The van der Waals surface area contributed by atoms with Gasteiger partial charge >= 0.3 is 0 Å². The van der Waals surface area contributed by atoms with Gasteiger partial charge in [0.05, 0.1) is 16.7 Å². The highest BCUT2D eigenvalue weighted by Gasteiger charge is 3.69. The van der Waals surface area contributed by atoms with Crippen LogP contribution in [-0.4, -0.2) is 0 Å². The maximum Gasteiger partial charge on any atom is 0.265 e. The van der Waals surface area contributed by atoms with Crippen molar-refractivity contribution >= 4 is 0 Å². The molecule has 0 bridgehead atoms. The summed E-state index contributed by atoms with van der Waals surface area (Å²) < 4.78 is 0. The lowest BCUT2D eigenvalue weighted by molar-refractivity contribution is -1.05. The second-order valence-corrected chi connectivity index (χ2v) is 30.9. The first kappa shape index (κ1) is 17.7. The van der Waals surface area contributed by atoms with Crippen molar-refractivity contribution in [2.24, 2.45) is 232 Å². The molecule has 0 N–H and O–H groups in total. The normalized spacial score (nSPS) is 129. The first-order valence-electron chi connectivity index (χ1n) is 24.6. The lowest BCUT2D eigenvalue weighted by Gasteiger charge is -3.47. The van der Waals surface area contributed by atoms with Crippen LogP contribution in [0.2, 0.25) is 0 Å². The number of rotatable bonds is 0. The van der Waals surface area contributed by atoms with Gasteiger partial charge < -0.3 is 0 Å². The SMILES string of the molecule is C1C2C3C4C5C6CC7CC8CC9CCC%10C%11C%12[C+]%13C%14%15[C+]%16C%17%18C%19C4(C34C23C1C1C2C%20C%21C%22CC%23C%12C%13%12C%23%22C%21%13C%20%21C%16(C%14%12%13)C%17%12C%194C13C2%21%12)C51C76C82C9%10C%11%15C%1812. The van der Waals surface area contributed by atoms with E-state index < -0.39 is 0 Å². The highest BCUT2D eigenvalue weighted by molar-refractivity contribution is 6.11. The largest absolute Gasteiger partial charge is 0.265 e. The van der Waals surface area contributed by atoms with Crippen LogP contribution in [0.15, 0.2) is 0 Å². The van der Waals surface area contributed by atoms with Gasteiger partial charge in [0.2, 0.25) is 0 Å². The van der Waals surface area contributed by atoms with E-state index in [4.69, 9.17) is 0 Å². The fourth-order valence-corrected chi connectivity index (χ4v) is 50.3. The quantitative estimate of drug-likeness (QED) is 0.315. The van der Waals surface area contributed by atoms with Crippen molar-refractivity contribution in [2.75, 3.05) is 0 Å². The summed E-state index contributed by atoms with van der Waals surface area (Å²) in [6.45, 7) is 0. The van der Waals surface area contributed by atoms with Crippen molar-refractivity contribution < 1.29 is 0 Å². The van der Waals surface area contributed by atoms with Gasteiger partial charge in [0.25, 0.3) is 5.41 Å². The molecule has 0 heterocycles. The summed E-state index contributed by atoms with van der Waals surface area (Å²) in [6.07, 6.45) is 12.8. The first-order valence-corrected chi connectivity index (χ1v) is 24.6. The van der Waals surface area contributed by atoms with Gasteiger partial charge in [0.15, 0.2) is 28.1 Å². The van der Waals surface area contributed by atoms with Gasteiger partial charge in [-0.1, -0.05) is 0 Å². The van der Waals surface area contributed by atoms with E-state index in [1.165, 1.54) is 118 Å². The maximum atomic E-state index is 2.80. The van der Waals surface area contributed by atoms with Gasteiger partial charge in [-0.3, -0.25) is 0 Å². The Morgan fingerprint density at radius 1 is 0.380 bits per heavy atom. The Morgan fingerprint density at radius 3 is 2.12 bits per heavy atom. The van der Waals surface area contributed by atoms with Crippen LogP contribution in [0.25, 0.3) is 0 Å². The Labute approximate surface area is 287 Å². The Balaban J connectivity index is 0.932. The van der Waals surface area contributed by atoms with Crippen molar-refractivity contribution in [3.63, 3.8) is 0 Å². The summed E-state index contributed by atoms with van der Waals surface area (Å²) >= 11 is 0. The molecule has 0 amide bonds. The maximum absolute atomic E-state index is 2.80. The lowest BCUT2D eigenvalue weighted by Crippen LogP contribution is -3.51. The van der Waals surface area contributed by atoms with Crippen molar-refractivity contribution in [3.05, 3.63) is 11.8 Å². The Kier molecular flexibility index (Phi) is 0.995. The van der Waals surface area contributed by atoms with E-state index in [9.17, 15) is 0 Å². The highest BCUT2D eigenvalue weighted by Crippen LogP contribution is 3.63. The van der Waals surface area contributed by atoms with Crippen LogP contribution in [0.4, 0.5) is 0 Å². The molecule has 33 aliphatic carbocycles. The molecule has 33 fully saturated rings. The zero-order valence-electron chi connectivity index (χ0n) is 28.0. The molecule has 0 radical (unpaired) electrons. The second kappa shape index (κ2) is 2.81. The molecule has 0 aromatic rings. The molecule has 41 atom stereocenters. The average molecular weight is 635 g/mol. The van der Waals surface area contributed by atoms with E-state index in [0.29, 0.717) is 0 Å². The van der Waals surface area contributed by atoms with E-state index >= 15 is 0 Å². The van der Waals surface area contributed by atoms with Gasteiger partial charge in [-0.05, 0) is 183 Å². The van der Waals surface area contributed by atoms with E-state index in [-0.39, 0.29) is 0 Å². The minimum Gasteiger partial charge on any atom is -0.0495 e. The zero-order chi connectivity index (χ0) is 28.2. The summed E-state index contributed by atoms with van der Waals surface area (Å²) in [4.78, 5) is 0. The van der Waals surface area contributed by atoms with Crippen LogP contribution in [0.3, 0.4) is 0 Å². The minimum absolute atomic E-state index is 0.913. The molecule has 0 aromatic heterocycles. The van der Waals surface area contributed by atoms with Crippen LogP contribution in [0.1, 0.15) is 44.9 Å². The van der Waals surface area contributed by atoms with Crippen LogP contribution >= 0.6 is 0 Å². The van der Waals surface area contributed by atoms with Gasteiger partial charge in [0.1, 0.15) is 11.3 Å². The van der Waals surface area contributed by atoms with E-state index in [1.54, 1.807) is 12.8 Å². The fraction of sp³-hybridized carbons (Fsp3) is 0.960. The summed E-state index contributed by atoms with van der Waals surface area (Å²) in [6, 6.07) is 0. The lowest BCUT2D eigenvalue weighted by atomic mass is 8.50. The summed E-state index contributed by atoms with van der Waals surface area (Å²) in [5.74, 6) is 32.3. The standard InChI is InChI=1S/C50H34/c1-2-11-19-17-18-13-6-14-23-25-26-22-16-7-15-20-24-21-12-5-9-4-10-3-8(1)30(11)38(10)31(9,12)41(21)35(24)28-37-29-36(40(19,30)49(37,38)41)27(17)34(18)32(13,14)43(23)44(25)45(26)42(22)33(15,16)39(20,35)46(28,42)50(37,45)47(29,44)48(34,36)43/h8-26,28H,1-7H2/q+2. The van der Waals surface area contributed by atoms with Gasteiger partial charge in [0, 0.05) is 44.3 Å². The minimum atomic E-state index is 0.913. The molecule has 33 aliphatic rings. The third kappa shape index (κ3) is 0.421. The molecule has 21 spiro atoms. The molecule has 0 nitrogen and oxygen atoms in total. The molecule has 0 aromatic carbocycles. The fourth-order valence-electron chi connectivity index (χ4n) is 50.3. The number of fused-ring (bicyclic) bond motifs is 13. The zero-order valence-corrected chi connectivity index (χ0v) is 28.0. The number of hydrogen-bond acceptors (Lipinski definition) is 0. The topological polar surface area (TPSA) is 0 Å². The van der Waals surface area contributed by atoms with E-state index in [1.807, 2.05) is 32.1 Å². The Morgan fingerprint density at radius 2 is 1.16 bits per heavy atom. The smallest absolute Gasteiger partial charge is 0.0495 e. The summed E-state index contributed by atoms with van der Waals surface area (Å²) in [5, 5.41) is 0. The second-order valence-electron chi connectivity index (χ2n) is 30.9. The van der Waals surface area contributed by atoms with Gasteiger partial charge in [-0.25, -0.2) is 0 Å². The predicted molar refractivity (Wildman–Crippen MR) is 160 cm³/mol. The van der Waals surface area contributed by atoms with Crippen LogP contribution in [0, 0.1) is 244 Å². The molecular weight excluding hydrogens is 601 g/mol. The Hall–Kier alpha value is -0.260. The van der Waals surface area contributed by atoms with E-state index in [0.717, 1.165) is 114 Å². The molecule has 0 saturated heterocycles. The third-order valence-corrected chi connectivity index (χ3v) is 40.2. The summed E-state index contributed by atoms with van der Waals surface area (Å²) in [7, 11) is 0. The molecular formula is C50H34+2. The van der Waals surface area contributed by atoms with Crippen molar-refractivity contribution in [1.29, 1.82) is 0 Å². The van der Waals surface area contributed by atoms with Crippen LogP contribution in [0.5, 0.6) is 0 Å². The molecule has 41 unspecified atom stereocenters. The summed E-state index contributed by atoms with van der Waals surface area (Å²) in [5.41, 5.74) is 21.7. The van der Waals surface area contributed by atoms with Gasteiger partial charge in [-0.2, -0.15) is 0 Å². The van der Waals surface area contributed by atoms with Crippen molar-refractivity contribution in [3.8, 4) is 0 Å². The highest BCUT2D eigenvalue weighted by atomic mass is 15.6. The van der Waals surface area contributed by atoms with Crippen LogP contribution in [-0.2, 0) is 0 Å². The average Bonchev–Trinajstić information content (AvgIpc) is 3.69. The molecule has 33 saturated carbocycles. The molecule has 33 rings (SSSR count). The van der Waals surface area contributed by atoms with Gasteiger partial charge in [-0.15, -0.1) is 0 Å². The first-order chi connectivity index (χ1) is 24.8. The molecule has 50 heavy (non-hydrogen) atoms. The monoisotopic (exact) mass is 634 g/mol. The predicted octanol–water partition coefficient (Wildman–Crippen LogP) is 5.35. The van der Waals surface area contributed by atoms with E-state index in [2.05, 4.69) is 11.8 Å². The molecule has 0 aliphatic heterocycles. The third-order valence-electron chi connectivity index (χ3n) is 40.2.